The maximum atomic E-state index is 13.2. The number of alkyl halides is 1. The molecule has 1 heteroatoms. The Balaban J connectivity index is 2.52. The minimum absolute atomic E-state index is 0.0491. The fourth-order valence-corrected chi connectivity index (χ4v) is 1.57. The summed E-state index contributed by atoms with van der Waals surface area (Å²) in [6, 6.07) is 0. The second kappa shape index (κ2) is 2.52. The van der Waals surface area contributed by atoms with Crippen LogP contribution in [0.2, 0.25) is 0 Å². The van der Waals surface area contributed by atoms with Crippen LogP contribution in [0.5, 0.6) is 0 Å². The maximum absolute atomic E-state index is 13.2. The van der Waals surface area contributed by atoms with Gasteiger partial charge in [0.2, 0.25) is 0 Å². The molecule has 10 heavy (non-hydrogen) atoms. The molecule has 0 spiro atoms. The van der Waals surface area contributed by atoms with Gasteiger partial charge in [-0.15, -0.1) is 0 Å². The highest BCUT2D eigenvalue weighted by Crippen LogP contribution is 2.39. The molecule has 0 heterocycles. The van der Waals surface area contributed by atoms with Crippen LogP contribution in [0, 0.1) is 11.3 Å². The van der Waals surface area contributed by atoms with E-state index in [4.69, 9.17) is 0 Å². The molecule has 0 aromatic rings. The molecule has 0 amide bonds. The lowest BCUT2D eigenvalue weighted by Gasteiger charge is -2.36. The molecule has 1 aliphatic carbocycles. The minimum Gasteiger partial charge on any atom is -0.247 e. The van der Waals surface area contributed by atoms with Crippen LogP contribution in [-0.4, -0.2) is 6.17 Å². The van der Waals surface area contributed by atoms with Crippen molar-refractivity contribution in [3.8, 4) is 0 Å². The van der Waals surface area contributed by atoms with E-state index in [1.54, 1.807) is 0 Å². The van der Waals surface area contributed by atoms with Crippen molar-refractivity contribution < 1.29 is 4.39 Å². The van der Waals surface area contributed by atoms with Gasteiger partial charge >= 0.3 is 0 Å². The molecular formula is C9H17F. The molecule has 0 aromatic carbocycles. The van der Waals surface area contributed by atoms with Gasteiger partial charge in [-0.3, -0.25) is 0 Å². The van der Waals surface area contributed by atoms with E-state index in [2.05, 4.69) is 6.92 Å². The summed E-state index contributed by atoms with van der Waals surface area (Å²) in [5.74, 6) is 0.600. The van der Waals surface area contributed by atoms with Crippen LogP contribution >= 0.6 is 0 Å². The van der Waals surface area contributed by atoms with E-state index in [0.29, 0.717) is 5.92 Å². The lowest BCUT2D eigenvalue weighted by atomic mass is 9.72. The highest BCUT2D eigenvalue weighted by molar-refractivity contribution is 4.84. The Labute approximate surface area is 62.8 Å². The van der Waals surface area contributed by atoms with E-state index in [0.717, 1.165) is 12.8 Å². The minimum atomic E-state index is -0.573. The van der Waals surface area contributed by atoms with Crippen molar-refractivity contribution in [2.75, 3.05) is 0 Å². The highest BCUT2D eigenvalue weighted by Gasteiger charge is 2.34. The third kappa shape index (κ3) is 1.50. The third-order valence-corrected chi connectivity index (χ3v) is 2.74. The Hall–Kier alpha value is -0.0700. The first kappa shape index (κ1) is 8.03. The van der Waals surface area contributed by atoms with Gasteiger partial charge in [-0.05, 0) is 30.6 Å². The summed E-state index contributed by atoms with van der Waals surface area (Å²) in [7, 11) is 0. The van der Waals surface area contributed by atoms with Gasteiger partial charge < -0.3 is 0 Å². The summed E-state index contributed by atoms with van der Waals surface area (Å²) in [5.41, 5.74) is -0.0491. The Morgan fingerprint density at radius 2 is 2.00 bits per heavy atom. The largest absolute Gasteiger partial charge is 0.247 e. The second-order valence-corrected chi connectivity index (χ2v) is 4.34. The van der Waals surface area contributed by atoms with Crippen molar-refractivity contribution in [2.24, 2.45) is 11.3 Å². The van der Waals surface area contributed by atoms with Gasteiger partial charge in [0, 0.05) is 0 Å². The zero-order valence-electron chi connectivity index (χ0n) is 7.15. The molecule has 60 valence electrons. The van der Waals surface area contributed by atoms with Crippen molar-refractivity contribution in [2.45, 2.75) is 46.2 Å². The first-order valence-electron chi connectivity index (χ1n) is 4.16. The summed E-state index contributed by atoms with van der Waals surface area (Å²) in [6.07, 6.45) is 2.45. The van der Waals surface area contributed by atoms with Crippen LogP contribution in [0.1, 0.15) is 40.0 Å². The van der Waals surface area contributed by atoms with Crippen LogP contribution in [-0.2, 0) is 0 Å². The van der Waals surface area contributed by atoms with E-state index in [1.165, 1.54) is 6.42 Å². The van der Waals surface area contributed by atoms with Crippen LogP contribution < -0.4 is 0 Å². The molecule has 1 rings (SSSR count). The van der Waals surface area contributed by atoms with E-state index in [-0.39, 0.29) is 5.41 Å². The average molecular weight is 144 g/mol. The summed E-state index contributed by atoms with van der Waals surface area (Å²) in [5, 5.41) is 0. The fourth-order valence-electron chi connectivity index (χ4n) is 1.57. The molecule has 0 radical (unpaired) electrons. The van der Waals surface area contributed by atoms with Crippen molar-refractivity contribution in [1.82, 2.24) is 0 Å². The fraction of sp³-hybridized carbons (Fsp3) is 1.00. The van der Waals surface area contributed by atoms with Gasteiger partial charge in [0.15, 0.2) is 0 Å². The molecule has 1 fully saturated rings. The molecule has 0 aliphatic heterocycles. The molecule has 1 saturated carbocycles. The predicted molar refractivity (Wildman–Crippen MR) is 41.7 cm³/mol. The highest BCUT2D eigenvalue weighted by atomic mass is 19.1. The first-order chi connectivity index (χ1) is 4.52. The van der Waals surface area contributed by atoms with E-state index in [9.17, 15) is 4.39 Å². The summed E-state index contributed by atoms with van der Waals surface area (Å²) in [6.45, 7) is 6.20. The van der Waals surface area contributed by atoms with Gasteiger partial charge in [-0.25, -0.2) is 4.39 Å². The molecule has 0 saturated heterocycles. The summed E-state index contributed by atoms with van der Waals surface area (Å²) >= 11 is 0. The van der Waals surface area contributed by atoms with Gasteiger partial charge in [-0.1, -0.05) is 20.8 Å². The molecule has 0 nitrogen and oxygen atoms in total. The predicted octanol–water partition coefficient (Wildman–Crippen LogP) is 3.17. The van der Waals surface area contributed by atoms with Crippen LogP contribution in [0.25, 0.3) is 0 Å². The Kier molecular flexibility index (Phi) is 2.02. The zero-order valence-corrected chi connectivity index (χ0v) is 7.15. The Morgan fingerprint density at radius 3 is 2.40 bits per heavy atom. The molecular weight excluding hydrogens is 127 g/mol. The number of rotatable bonds is 0. The van der Waals surface area contributed by atoms with E-state index in [1.807, 2.05) is 13.8 Å². The van der Waals surface area contributed by atoms with Crippen LogP contribution in [0.15, 0.2) is 0 Å². The van der Waals surface area contributed by atoms with Crippen molar-refractivity contribution in [3.05, 3.63) is 0 Å². The number of halogens is 1. The van der Waals surface area contributed by atoms with Gasteiger partial charge in [0.25, 0.3) is 0 Å². The standard InChI is InChI=1S/C9H17F/c1-7-4-5-9(2,3)8(10)6-7/h7-8H,4-6H2,1-3H3. The van der Waals surface area contributed by atoms with E-state index < -0.39 is 6.17 Å². The zero-order chi connectivity index (χ0) is 7.78. The average Bonchev–Trinajstić information content (AvgIpc) is 1.81. The van der Waals surface area contributed by atoms with Crippen LogP contribution in [0.3, 0.4) is 0 Å². The van der Waals surface area contributed by atoms with E-state index >= 15 is 0 Å². The maximum Gasteiger partial charge on any atom is 0.105 e. The third-order valence-electron chi connectivity index (χ3n) is 2.74. The molecule has 2 atom stereocenters. The number of hydrogen-bond donors (Lipinski definition) is 0. The smallest absolute Gasteiger partial charge is 0.105 e. The lowest BCUT2D eigenvalue weighted by Crippen LogP contribution is -2.32. The second-order valence-electron chi connectivity index (χ2n) is 4.34. The van der Waals surface area contributed by atoms with Crippen molar-refractivity contribution >= 4 is 0 Å². The van der Waals surface area contributed by atoms with Crippen LogP contribution in [0.4, 0.5) is 4.39 Å². The Bertz CT molecular complexity index is 118. The number of hydrogen-bond acceptors (Lipinski definition) is 0. The molecule has 0 N–H and O–H groups in total. The topological polar surface area (TPSA) is 0 Å². The van der Waals surface area contributed by atoms with Gasteiger partial charge in [-0.2, -0.15) is 0 Å². The summed E-state index contributed by atoms with van der Waals surface area (Å²) in [4.78, 5) is 0. The normalized spacial score (nSPS) is 39.6. The monoisotopic (exact) mass is 144 g/mol. The lowest BCUT2D eigenvalue weighted by molar-refractivity contribution is 0.0646. The molecule has 2 unspecified atom stereocenters. The molecule has 0 aromatic heterocycles. The van der Waals surface area contributed by atoms with Crippen molar-refractivity contribution in [3.63, 3.8) is 0 Å². The summed E-state index contributed by atoms with van der Waals surface area (Å²) < 4.78 is 13.2. The quantitative estimate of drug-likeness (QED) is 0.490. The molecule has 0 bridgehead atoms. The van der Waals surface area contributed by atoms with Crippen molar-refractivity contribution in [1.29, 1.82) is 0 Å². The Morgan fingerprint density at radius 1 is 1.40 bits per heavy atom. The SMILES string of the molecule is CC1CCC(C)(C)C(F)C1. The van der Waals surface area contributed by atoms with Gasteiger partial charge in [0.1, 0.15) is 6.17 Å². The molecule has 1 aliphatic rings. The van der Waals surface area contributed by atoms with Gasteiger partial charge in [0.05, 0.1) is 0 Å². The first-order valence-corrected chi connectivity index (χ1v) is 4.16.